The number of carbonyl (C=O) groups is 1. The molecule has 5 heteroatoms. The number of hydrogen-bond acceptors (Lipinski definition) is 1. The Morgan fingerprint density at radius 1 is 0.840 bits per heavy atom. The van der Waals surface area contributed by atoms with Crippen molar-refractivity contribution in [3.63, 3.8) is 0 Å². The maximum Gasteiger partial charge on any atom is 0.258 e. The zero-order valence-corrected chi connectivity index (χ0v) is 14.4. The third kappa shape index (κ3) is 1.53. The fourth-order valence-electron chi connectivity index (χ4n) is 4.29. The van der Waals surface area contributed by atoms with E-state index >= 15 is 0 Å². The molecule has 1 aliphatic rings. The Morgan fingerprint density at radius 3 is 2.08 bits per heavy atom. The van der Waals surface area contributed by atoms with E-state index < -0.39 is 0 Å². The summed E-state index contributed by atoms with van der Waals surface area (Å²) >= 11 is 0. The van der Waals surface area contributed by atoms with Crippen LogP contribution in [0.1, 0.15) is 15.9 Å². The molecule has 0 aliphatic carbocycles. The van der Waals surface area contributed by atoms with E-state index in [1.807, 2.05) is 24.3 Å². The van der Waals surface area contributed by atoms with E-state index in [1.165, 1.54) is 5.39 Å². The summed E-state index contributed by atoms with van der Waals surface area (Å²) in [5.41, 5.74) is 6.20. The lowest BCUT2D eigenvalue weighted by atomic mass is 9.97. The summed E-state index contributed by atoms with van der Waals surface area (Å²) in [6, 6.07) is 16.5. The number of nitrogens with zero attached hydrogens (tertiary/aromatic N) is 1. The number of rotatable bonds is 0. The number of hydrogen-bond donors (Lipinski definition) is 2. The summed E-state index contributed by atoms with van der Waals surface area (Å²) < 4.78 is 1.73. The van der Waals surface area contributed by atoms with Gasteiger partial charge in [0.2, 0.25) is 0 Å². The minimum absolute atomic E-state index is 0.0712. The maximum absolute atomic E-state index is 12.9. The van der Waals surface area contributed by atoms with Gasteiger partial charge in [-0.3, -0.25) is 4.79 Å². The summed E-state index contributed by atoms with van der Waals surface area (Å²) in [5.74, 6) is 0.0712. The molecule has 0 bridgehead atoms. The second-order valence-corrected chi connectivity index (χ2v) is 7.25. The molecule has 6 rings (SSSR count). The van der Waals surface area contributed by atoms with Crippen molar-refractivity contribution in [2.75, 3.05) is 0 Å². The van der Waals surface area contributed by atoms with E-state index in [2.05, 4.69) is 43.6 Å². The maximum atomic E-state index is 12.9. The lowest BCUT2D eigenvalue weighted by Gasteiger charge is -2.04. The van der Waals surface area contributed by atoms with Crippen LogP contribution in [0.4, 0.5) is 0 Å². The van der Waals surface area contributed by atoms with Gasteiger partial charge in [-0.05, 0) is 27.1 Å². The third-order valence-corrected chi connectivity index (χ3v) is 5.74. The fraction of sp³-hybridized carbons (Fsp3) is 0.0500. The van der Waals surface area contributed by atoms with Crippen LogP contribution in [-0.2, 0) is 6.54 Å². The summed E-state index contributed by atoms with van der Waals surface area (Å²) in [4.78, 5) is 20.0. The van der Waals surface area contributed by atoms with Crippen molar-refractivity contribution in [1.82, 2.24) is 14.6 Å². The smallest absolute Gasteiger partial charge is 0.258 e. The van der Waals surface area contributed by atoms with Gasteiger partial charge in [-0.2, -0.15) is 0 Å². The largest absolute Gasteiger partial charge is 0.353 e. The molecule has 0 saturated heterocycles. The fourth-order valence-corrected chi connectivity index (χ4v) is 4.60. The van der Waals surface area contributed by atoms with Crippen molar-refractivity contribution in [2.45, 2.75) is 6.54 Å². The monoisotopic (exact) mass is 343 g/mol. The van der Waals surface area contributed by atoms with Gasteiger partial charge in [0.05, 0.1) is 23.1 Å². The number of fused-ring (bicyclic) bond motifs is 10. The first-order valence-electron chi connectivity index (χ1n) is 8.26. The van der Waals surface area contributed by atoms with Gasteiger partial charge in [0.25, 0.3) is 5.91 Å². The zero-order chi connectivity index (χ0) is 16.7. The highest BCUT2D eigenvalue weighted by Gasteiger charge is 2.32. The van der Waals surface area contributed by atoms with Crippen LogP contribution >= 0.6 is 9.39 Å². The molecule has 3 aromatic carbocycles. The quantitative estimate of drug-likeness (QED) is 0.393. The van der Waals surface area contributed by atoms with Crippen molar-refractivity contribution in [3.05, 3.63) is 59.7 Å². The van der Waals surface area contributed by atoms with Crippen LogP contribution in [0.3, 0.4) is 0 Å². The van der Waals surface area contributed by atoms with Gasteiger partial charge in [0.1, 0.15) is 0 Å². The molecule has 2 aromatic heterocycles. The number of amides is 1. The molecule has 1 amide bonds. The van der Waals surface area contributed by atoms with E-state index in [0.29, 0.717) is 6.54 Å². The SMILES string of the molecule is O=C1c2c(c3c4ccccc4[nH]c3c3[nH]c4ccccc4c23)CN1P. The molecule has 3 heterocycles. The molecule has 1 atom stereocenters. The van der Waals surface area contributed by atoms with Gasteiger partial charge < -0.3 is 14.6 Å². The topological polar surface area (TPSA) is 51.9 Å². The lowest BCUT2D eigenvalue weighted by Crippen LogP contribution is -2.10. The van der Waals surface area contributed by atoms with E-state index in [-0.39, 0.29) is 5.91 Å². The van der Waals surface area contributed by atoms with Crippen LogP contribution in [0.25, 0.3) is 43.6 Å². The average Bonchev–Trinajstić information content (AvgIpc) is 3.27. The molecule has 0 fully saturated rings. The summed E-state index contributed by atoms with van der Waals surface area (Å²) in [7, 11) is 2.57. The number of benzene rings is 3. The van der Waals surface area contributed by atoms with Gasteiger partial charge in [0.15, 0.2) is 0 Å². The van der Waals surface area contributed by atoms with Gasteiger partial charge >= 0.3 is 0 Å². The van der Waals surface area contributed by atoms with Crippen molar-refractivity contribution < 1.29 is 4.79 Å². The molecule has 4 nitrogen and oxygen atoms in total. The molecular weight excluding hydrogens is 329 g/mol. The number of H-pyrrole nitrogens is 2. The predicted octanol–water partition coefficient (Wildman–Crippen LogP) is 4.70. The normalized spacial score (nSPS) is 14.4. The predicted molar refractivity (Wildman–Crippen MR) is 105 cm³/mol. The Labute approximate surface area is 145 Å². The Kier molecular flexibility index (Phi) is 2.37. The second-order valence-electron chi connectivity index (χ2n) is 6.63. The highest BCUT2D eigenvalue weighted by molar-refractivity contribution is 7.14. The van der Waals surface area contributed by atoms with E-state index in [9.17, 15) is 4.79 Å². The van der Waals surface area contributed by atoms with Crippen LogP contribution in [-0.4, -0.2) is 20.5 Å². The number of nitrogens with one attached hydrogen (secondary N) is 2. The Bertz CT molecular complexity index is 1360. The first kappa shape index (κ1) is 13.5. The van der Waals surface area contributed by atoms with E-state index in [1.54, 1.807) is 4.67 Å². The Morgan fingerprint density at radius 2 is 1.40 bits per heavy atom. The minimum atomic E-state index is 0.0712. The van der Waals surface area contributed by atoms with Crippen LogP contribution in [0.2, 0.25) is 0 Å². The van der Waals surface area contributed by atoms with Crippen LogP contribution < -0.4 is 0 Å². The summed E-state index contributed by atoms with van der Waals surface area (Å²) in [6.07, 6.45) is 0. The molecule has 0 spiro atoms. The van der Waals surface area contributed by atoms with E-state index in [0.717, 1.165) is 49.4 Å². The number of aromatic amines is 2. The van der Waals surface area contributed by atoms with Crippen molar-refractivity contribution in [3.8, 4) is 0 Å². The molecule has 25 heavy (non-hydrogen) atoms. The summed E-state index contributed by atoms with van der Waals surface area (Å²) in [5, 5.41) is 4.45. The van der Waals surface area contributed by atoms with Crippen LogP contribution in [0.15, 0.2) is 48.5 Å². The Hall–Kier alpha value is -2.84. The van der Waals surface area contributed by atoms with Crippen molar-refractivity contribution >= 4 is 58.9 Å². The van der Waals surface area contributed by atoms with Gasteiger partial charge in [0, 0.05) is 32.6 Å². The molecule has 0 radical (unpaired) electrons. The van der Waals surface area contributed by atoms with Crippen LogP contribution in [0, 0.1) is 0 Å². The Balaban J connectivity index is 1.99. The lowest BCUT2D eigenvalue weighted by molar-refractivity contribution is 0.0889. The highest BCUT2D eigenvalue weighted by Crippen LogP contribution is 2.44. The molecule has 1 unspecified atom stereocenters. The van der Waals surface area contributed by atoms with Crippen molar-refractivity contribution in [2.24, 2.45) is 0 Å². The second kappa shape index (κ2) is 4.41. The van der Waals surface area contributed by atoms with Crippen molar-refractivity contribution in [1.29, 1.82) is 0 Å². The number of aromatic nitrogens is 2. The standard InChI is InChI=1S/C20H14N3OP/c24-20-17-12(9-23(20)25)15-10-5-1-3-7-13(10)21-18(15)19-16(17)11-6-2-4-8-14(11)22-19/h1-8,21-22H,9,25H2. The molecule has 1 aliphatic heterocycles. The zero-order valence-electron chi connectivity index (χ0n) is 13.3. The number of para-hydroxylation sites is 2. The molecular formula is C20H14N3OP. The molecule has 2 N–H and O–H groups in total. The summed E-state index contributed by atoms with van der Waals surface area (Å²) in [6.45, 7) is 0.618. The molecule has 5 aromatic rings. The molecule has 120 valence electrons. The average molecular weight is 343 g/mol. The van der Waals surface area contributed by atoms with Gasteiger partial charge in [-0.1, -0.05) is 36.4 Å². The van der Waals surface area contributed by atoms with Crippen LogP contribution in [0.5, 0.6) is 0 Å². The highest BCUT2D eigenvalue weighted by atomic mass is 31.0. The number of carbonyl (C=O) groups excluding carboxylic acids is 1. The van der Waals surface area contributed by atoms with E-state index in [4.69, 9.17) is 0 Å². The first-order valence-corrected chi connectivity index (χ1v) is 8.78. The third-order valence-electron chi connectivity index (χ3n) is 5.32. The van der Waals surface area contributed by atoms with Gasteiger partial charge in [-0.15, -0.1) is 0 Å². The first-order chi connectivity index (χ1) is 12.2. The minimum Gasteiger partial charge on any atom is -0.353 e. The molecule has 0 saturated carbocycles. The van der Waals surface area contributed by atoms with Gasteiger partial charge in [-0.25, -0.2) is 0 Å².